The molecule has 1 saturated heterocycles. The van der Waals surface area contributed by atoms with Crippen LogP contribution in [-0.4, -0.2) is 58.9 Å². The Balaban J connectivity index is 1.35. The van der Waals surface area contributed by atoms with Crippen LogP contribution in [0.3, 0.4) is 0 Å². The van der Waals surface area contributed by atoms with Crippen LogP contribution in [-0.2, 0) is 16.4 Å². The molecule has 182 valence electrons. The first-order chi connectivity index (χ1) is 16.4. The van der Waals surface area contributed by atoms with Gasteiger partial charge >= 0.3 is 0 Å². The van der Waals surface area contributed by atoms with Gasteiger partial charge in [0, 0.05) is 38.4 Å². The van der Waals surface area contributed by atoms with Crippen LogP contribution < -0.4 is 14.4 Å². The van der Waals surface area contributed by atoms with E-state index in [0.29, 0.717) is 6.42 Å². The van der Waals surface area contributed by atoms with Crippen LogP contribution in [0.25, 0.3) is 0 Å². The van der Waals surface area contributed by atoms with Crippen molar-refractivity contribution >= 4 is 15.7 Å². The number of benzene rings is 2. The number of halogens is 1. The van der Waals surface area contributed by atoms with Gasteiger partial charge < -0.3 is 14.1 Å². The highest BCUT2D eigenvalue weighted by molar-refractivity contribution is 7.89. The lowest BCUT2D eigenvalue weighted by Gasteiger charge is -2.39. The summed E-state index contributed by atoms with van der Waals surface area (Å²) >= 11 is 0. The van der Waals surface area contributed by atoms with Gasteiger partial charge in [-0.2, -0.15) is 0 Å². The van der Waals surface area contributed by atoms with Crippen molar-refractivity contribution < 1.29 is 22.0 Å². The van der Waals surface area contributed by atoms with Crippen LogP contribution in [0.4, 0.5) is 10.1 Å². The van der Waals surface area contributed by atoms with Gasteiger partial charge in [-0.15, -0.1) is 0 Å². The van der Waals surface area contributed by atoms with Gasteiger partial charge in [0.05, 0.1) is 25.2 Å². The molecule has 1 unspecified atom stereocenters. The first-order valence-electron chi connectivity index (χ1n) is 11.3. The zero-order valence-corrected chi connectivity index (χ0v) is 20.0. The summed E-state index contributed by atoms with van der Waals surface area (Å²) in [7, 11) is -1.87. The van der Waals surface area contributed by atoms with Crippen LogP contribution in [0.1, 0.15) is 17.4 Å². The number of piperazine rings is 1. The molecule has 1 atom stereocenters. The number of ether oxygens (including phenoxy) is 1. The highest BCUT2D eigenvalue weighted by atomic mass is 32.2. The van der Waals surface area contributed by atoms with Crippen LogP contribution in [0, 0.1) is 5.82 Å². The predicted octanol–water partition coefficient (Wildman–Crippen LogP) is 3.45. The van der Waals surface area contributed by atoms with Crippen molar-refractivity contribution in [3.05, 3.63) is 84.1 Å². The molecule has 1 fully saturated rings. The van der Waals surface area contributed by atoms with Crippen molar-refractivity contribution in [2.75, 3.05) is 50.5 Å². The number of sulfonamides is 1. The third-order valence-corrected chi connectivity index (χ3v) is 7.48. The summed E-state index contributed by atoms with van der Waals surface area (Å²) in [6.45, 7) is 3.21. The van der Waals surface area contributed by atoms with Gasteiger partial charge in [-0.1, -0.05) is 12.1 Å². The highest BCUT2D eigenvalue weighted by Crippen LogP contribution is 2.25. The van der Waals surface area contributed by atoms with Gasteiger partial charge in [-0.05, 0) is 60.5 Å². The fourth-order valence-electron chi connectivity index (χ4n) is 4.16. The number of nitrogens with one attached hydrogen (secondary N) is 1. The van der Waals surface area contributed by atoms with Crippen LogP contribution >= 0.6 is 0 Å². The minimum absolute atomic E-state index is 0.00253. The molecule has 1 aliphatic heterocycles. The molecule has 1 N–H and O–H groups in total. The molecule has 3 aromatic rings. The van der Waals surface area contributed by atoms with Gasteiger partial charge in [0.1, 0.15) is 17.3 Å². The summed E-state index contributed by atoms with van der Waals surface area (Å²) in [5.74, 6) is 1.22. The zero-order valence-electron chi connectivity index (χ0n) is 19.2. The number of methoxy groups -OCH3 is 1. The molecule has 1 aliphatic rings. The Morgan fingerprint density at radius 1 is 1.03 bits per heavy atom. The molecule has 9 heteroatoms. The molecular formula is C25H30FN3O4S. The Bertz CT molecular complexity index is 1130. The summed E-state index contributed by atoms with van der Waals surface area (Å²) < 4.78 is 52.3. The molecule has 7 nitrogen and oxygen atoms in total. The van der Waals surface area contributed by atoms with E-state index in [1.807, 2.05) is 36.4 Å². The van der Waals surface area contributed by atoms with Crippen molar-refractivity contribution in [3.63, 3.8) is 0 Å². The molecule has 0 spiro atoms. The normalized spacial score (nSPS) is 15.9. The average Bonchev–Trinajstić information content (AvgIpc) is 3.39. The van der Waals surface area contributed by atoms with Gasteiger partial charge in [-0.25, -0.2) is 17.5 Å². The van der Waals surface area contributed by atoms with E-state index < -0.39 is 10.0 Å². The van der Waals surface area contributed by atoms with Crippen molar-refractivity contribution in [3.8, 4) is 5.75 Å². The van der Waals surface area contributed by atoms with Crippen molar-refractivity contribution in [1.82, 2.24) is 9.62 Å². The second-order valence-corrected chi connectivity index (χ2v) is 10.2. The van der Waals surface area contributed by atoms with Crippen molar-refractivity contribution in [2.45, 2.75) is 12.5 Å². The Morgan fingerprint density at radius 2 is 1.74 bits per heavy atom. The van der Waals surface area contributed by atoms with E-state index in [0.717, 1.165) is 48.9 Å². The number of aryl methyl sites for hydroxylation is 1. The topological polar surface area (TPSA) is 75.0 Å². The van der Waals surface area contributed by atoms with Gasteiger partial charge in [-0.3, -0.25) is 4.90 Å². The van der Waals surface area contributed by atoms with Crippen LogP contribution in [0.15, 0.2) is 71.3 Å². The molecular weight excluding hydrogens is 457 g/mol. The van der Waals surface area contributed by atoms with Crippen LogP contribution in [0.2, 0.25) is 0 Å². The Hall–Kier alpha value is -2.88. The summed E-state index contributed by atoms with van der Waals surface area (Å²) in [6.07, 6.45) is 2.02. The summed E-state index contributed by atoms with van der Waals surface area (Å²) in [6, 6.07) is 17.4. The van der Waals surface area contributed by atoms with Gasteiger partial charge in [0.15, 0.2) is 0 Å². The summed E-state index contributed by atoms with van der Waals surface area (Å²) in [5, 5.41) is 0. The lowest BCUT2D eigenvalue weighted by molar-refractivity contribution is 0.166. The van der Waals surface area contributed by atoms with Crippen molar-refractivity contribution in [1.29, 1.82) is 0 Å². The van der Waals surface area contributed by atoms with Crippen LogP contribution in [0.5, 0.6) is 5.75 Å². The minimum atomic E-state index is -3.47. The first kappa shape index (κ1) is 24.3. The first-order valence-corrected chi connectivity index (χ1v) is 13.0. The van der Waals surface area contributed by atoms with E-state index in [9.17, 15) is 12.8 Å². The SMILES string of the molecule is COc1ccc(CCS(=O)(=O)NCC(c2ccco2)N2CCN(c3ccc(F)cc3)CC2)cc1. The fourth-order valence-corrected chi connectivity index (χ4v) is 5.22. The number of furan rings is 1. The van der Waals surface area contributed by atoms with E-state index in [1.165, 1.54) is 12.1 Å². The smallest absolute Gasteiger partial charge is 0.211 e. The third kappa shape index (κ3) is 6.37. The summed E-state index contributed by atoms with van der Waals surface area (Å²) in [4.78, 5) is 4.43. The predicted molar refractivity (Wildman–Crippen MR) is 130 cm³/mol. The Kier molecular flexibility index (Phi) is 7.87. The number of anilines is 1. The number of rotatable bonds is 10. The fraction of sp³-hybridized carbons (Fsp3) is 0.360. The molecule has 2 aromatic carbocycles. The quantitative estimate of drug-likeness (QED) is 0.472. The molecule has 0 saturated carbocycles. The maximum Gasteiger partial charge on any atom is 0.211 e. The molecule has 34 heavy (non-hydrogen) atoms. The standard InChI is InChI=1S/C25H30FN3O4S/c1-32-23-10-4-20(5-11-23)12-18-34(30,31)27-19-24(25-3-2-17-33-25)29-15-13-28(14-16-29)22-8-6-21(26)7-9-22/h2-11,17,24,27H,12-16,18-19H2,1H3. The molecule has 1 aromatic heterocycles. The largest absolute Gasteiger partial charge is 0.497 e. The van der Waals surface area contributed by atoms with E-state index in [4.69, 9.17) is 9.15 Å². The molecule has 0 amide bonds. The second-order valence-electron chi connectivity index (χ2n) is 8.30. The Morgan fingerprint density at radius 3 is 2.35 bits per heavy atom. The number of hydrogen-bond acceptors (Lipinski definition) is 6. The lowest BCUT2D eigenvalue weighted by Crippen LogP contribution is -2.50. The minimum Gasteiger partial charge on any atom is -0.497 e. The average molecular weight is 488 g/mol. The highest BCUT2D eigenvalue weighted by Gasteiger charge is 2.28. The van der Waals surface area contributed by atoms with E-state index >= 15 is 0 Å². The molecule has 0 radical (unpaired) electrons. The van der Waals surface area contributed by atoms with Gasteiger partial charge in [0.2, 0.25) is 10.0 Å². The Labute approximate surface area is 200 Å². The number of nitrogens with zero attached hydrogens (tertiary/aromatic N) is 2. The molecule has 2 heterocycles. The van der Waals surface area contributed by atoms with E-state index in [2.05, 4.69) is 14.5 Å². The third-order valence-electron chi connectivity index (χ3n) is 6.13. The monoisotopic (exact) mass is 487 g/mol. The molecule has 4 rings (SSSR count). The van der Waals surface area contributed by atoms with Crippen molar-refractivity contribution in [2.24, 2.45) is 0 Å². The maximum absolute atomic E-state index is 13.2. The second kappa shape index (κ2) is 11.0. The summed E-state index contributed by atoms with van der Waals surface area (Å²) in [5.41, 5.74) is 1.92. The van der Waals surface area contributed by atoms with Gasteiger partial charge in [0.25, 0.3) is 0 Å². The number of hydrogen-bond donors (Lipinski definition) is 1. The zero-order chi connectivity index (χ0) is 24.0. The van der Waals surface area contributed by atoms with E-state index in [-0.39, 0.29) is 24.2 Å². The van der Waals surface area contributed by atoms with E-state index in [1.54, 1.807) is 25.5 Å². The lowest BCUT2D eigenvalue weighted by atomic mass is 10.1. The maximum atomic E-state index is 13.2. The molecule has 0 aliphatic carbocycles. The molecule has 0 bridgehead atoms.